The zero-order valence-electron chi connectivity index (χ0n) is 16.2. The number of allylic oxidation sites excluding steroid dienone is 1. The minimum atomic E-state index is -0.239. The van der Waals surface area contributed by atoms with Gasteiger partial charge >= 0.3 is 0 Å². The summed E-state index contributed by atoms with van der Waals surface area (Å²) in [4.78, 5) is 18.8. The average Bonchev–Trinajstić information content (AvgIpc) is 2.75. The van der Waals surface area contributed by atoms with Crippen molar-refractivity contribution < 1.29 is 9.53 Å². The maximum absolute atomic E-state index is 12.4. The van der Waals surface area contributed by atoms with E-state index in [9.17, 15) is 4.79 Å². The number of amides is 1. The van der Waals surface area contributed by atoms with Crippen molar-refractivity contribution >= 4 is 29.5 Å². The number of morpholine rings is 1. The lowest BCUT2D eigenvalue weighted by molar-refractivity contribution is -0.111. The van der Waals surface area contributed by atoms with Crippen molar-refractivity contribution in [1.82, 2.24) is 9.88 Å². The molecule has 1 aliphatic heterocycles. The Kier molecular flexibility index (Phi) is 7.27. The van der Waals surface area contributed by atoms with Gasteiger partial charge in [-0.05, 0) is 35.4 Å². The maximum Gasteiger partial charge on any atom is 0.248 e. The Hall–Kier alpha value is -3.29. The van der Waals surface area contributed by atoms with Gasteiger partial charge in [0.15, 0.2) is 0 Å². The predicted octanol–water partition coefficient (Wildman–Crippen LogP) is 2.51. The number of anilines is 1. The molecule has 0 spiro atoms. The highest BCUT2D eigenvalue weighted by molar-refractivity contribution is 6.10. The van der Waals surface area contributed by atoms with Gasteiger partial charge in [-0.15, -0.1) is 0 Å². The quantitative estimate of drug-likeness (QED) is 0.497. The van der Waals surface area contributed by atoms with Crippen LogP contribution in [-0.2, 0) is 16.1 Å². The first-order valence-electron chi connectivity index (χ1n) is 9.44. The third-order valence-electron chi connectivity index (χ3n) is 4.62. The molecule has 7 heteroatoms. The molecule has 29 heavy (non-hydrogen) atoms. The maximum atomic E-state index is 12.4. The van der Waals surface area contributed by atoms with Gasteiger partial charge in [0.25, 0.3) is 0 Å². The van der Waals surface area contributed by atoms with Gasteiger partial charge < -0.3 is 21.2 Å². The van der Waals surface area contributed by atoms with Crippen LogP contribution in [0.2, 0.25) is 0 Å². The lowest BCUT2D eigenvalue weighted by Crippen LogP contribution is -2.35. The molecule has 1 aliphatic rings. The molecule has 150 valence electrons. The molecule has 2 aromatic rings. The normalized spacial score (nSPS) is 15.4. The number of nitrogens with zero attached hydrogens (tertiary/aromatic N) is 2. The van der Waals surface area contributed by atoms with Gasteiger partial charge in [0.1, 0.15) is 0 Å². The summed E-state index contributed by atoms with van der Waals surface area (Å²) in [6.07, 6.45) is 8.91. The topological polar surface area (TPSA) is 104 Å². The van der Waals surface area contributed by atoms with Gasteiger partial charge in [-0.3, -0.25) is 14.7 Å². The number of benzene rings is 1. The average molecular weight is 391 g/mol. The van der Waals surface area contributed by atoms with Crippen LogP contribution in [0.25, 0.3) is 11.6 Å². The molecule has 0 saturated carbocycles. The molecule has 1 saturated heterocycles. The number of aromatic nitrogens is 1. The van der Waals surface area contributed by atoms with Gasteiger partial charge in [0.2, 0.25) is 5.91 Å². The fourth-order valence-electron chi connectivity index (χ4n) is 3.13. The van der Waals surface area contributed by atoms with Crippen LogP contribution in [0.4, 0.5) is 5.69 Å². The van der Waals surface area contributed by atoms with Crippen molar-refractivity contribution in [2.45, 2.75) is 6.54 Å². The van der Waals surface area contributed by atoms with E-state index in [1.807, 2.05) is 18.2 Å². The van der Waals surface area contributed by atoms with Crippen LogP contribution in [0, 0.1) is 5.41 Å². The molecule has 4 N–H and O–H groups in total. The number of pyridine rings is 1. The SMILES string of the molecule is N=CC(=CN)c1ccncc1/C=C/C(=O)Nc1cccc(CN2CCOCC2)c1. The molecule has 1 amide bonds. The van der Waals surface area contributed by atoms with Gasteiger partial charge in [-0.1, -0.05) is 12.1 Å². The Bertz CT molecular complexity index is 917. The third kappa shape index (κ3) is 5.84. The van der Waals surface area contributed by atoms with E-state index in [-0.39, 0.29) is 5.91 Å². The smallest absolute Gasteiger partial charge is 0.248 e. The zero-order valence-corrected chi connectivity index (χ0v) is 16.2. The Balaban J connectivity index is 1.65. The molecule has 7 nitrogen and oxygen atoms in total. The third-order valence-corrected chi connectivity index (χ3v) is 4.62. The second kappa shape index (κ2) is 10.3. The van der Waals surface area contributed by atoms with Crippen molar-refractivity contribution in [3.05, 3.63) is 71.7 Å². The molecule has 3 rings (SSSR count). The molecule has 0 unspecified atom stereocenters. The Morgan fingerprint density at radius 3 is 2.90 bits per heavy atom. The number of nitrogens with one attached hydrogen (secondary N) is 2. The minimum Gasteiger partial charge on any atom is -0.404 e. The van der Waals surface area contributed by atoms with Crippen molar-refractivity contribution in [3.8, 4) is 0 Å². The van der Waals surface area contributed by atoms with E-state index in [1.54, 1.807) is 24.5 Å². The van der Waals surface area contributed by atoms with E-state index in [2.05, 4.69) is 21.3 Å². The highest BCUT2D eigenvalue weighted by atomic mass is 16.5. The van der Waals surface area contributed by atoms with Crippen molar-refractivity contribution in [2.75, 3.05) is 31.6 Å². The molecule has 1 fully saturated rings. The van der Waals surface area contributed by atoms with Crippen LogP contribution in [0.3, 0.4) is 0 Å². The van der Waals surface area contributed by atoms with Gasteiger partial charge in [-0.2, -0.15) is 0 Å². The number of carbonyl (C=O) groups is 1. The van der Waals surface area contributed by atoms with Crippen molar-refractivity contribution in [3.63, 3.8) is 0 Å². The standard InChI is InChI=1S/C22H25N5O2/c23-13-19(14-24)21-6-7-25-15-18(21)4-5-22(28)26-20-3-1-2-17(12-20)16-27-8-10-29-11-9-27/h1-7,12-15,23H,8-11,16,24H2,(H,26,28)/b5-4+,19-14?,23-13?. The Morgan fingerprint density at radius 1 is 1.31 bits per heavy atom. The fraction of sp³-hybridized carbons (Fsp3) is 0.227. The van der Waals surface area contributed by atoms with E-state index in [4.69, 9.17) is 15.9 Å². The highest BCUT2D eigenvalue weighted by Gasteiger charge is 2.11. The van der Waals surface area contributed by atoms with E-state index >= 15 is 0 Å². The van der Waals surface area contributed by atoms with E-state index in [1.165, 1.54) is 18.5 Å². The van der Waals surface area contributed by atoms with Gasteiger partial charge in [-0.25, -0.2) is 0 Å². The number of hydrogen-bond donors (Lipinski definition) is 3. The number of ether oxygens (including phenoxy) is 1. The summed E-state index contributed by atoms with van der Waals surface area (Å²) >= 11 is 0. The summed E-state index contributed by atoms with van der Waals surface area (Å²) < 4.78 is 5.38. The van der Waals surface area contributed by atoms with E-state index in [0.29, 0.717) is 11.1 Å². The zero-order chi connectivity index (χ0) is 20.5. The number of rotatable bonds is 7. The lowest BCUT2D eigenvalue weighted by Gasteiger charge is -2.26. The molecule has 1 aromatic heterocycles. The molecular formula is C22H25N5O2. The molecule has 0 atom stereocenters. The summed E-state index contributed by atoms with van der Waals surface area (Å²) in [7, 11) is 0. The van der Waals surface area contributed by atoms with E-state index < -0.39 is 0 Å². The summed E-state index contributed by atoms with van der Waals surface area (Å²) in [6.45, 7) is 4.19. The number of nitrogens with two attached hydrogens (primary N) is 1. The van der Waals surface area contributed by atoms with Crippen molar-refractivity contribution in [1.29, 1.82) is 5.41 Å². The summed E-state index contributed by atoms with van der Waals surface area (Å²) in [5.41, 5.74) is 9.49. The first kappa shape index (κ1) is 20.4. The lowest BCUT2D eigenvalue weighted by atomic mass is 10.0. The van der Waals surface area contributed by atoms with Crippen LogP contribution in [0.15, 0.2) is 55.0 Å². The van der Waals surface area contributed by atoms with E-state index in [0.717, 1.165) is 49.7 Å². The molecule has 0 radical (unpaired) electrons. The number of hydrogen-bond acceptors (Lipinski definition) is 6. The molecule has 1 aromatic carbocycles. The van der Waals surface area contributed by atoms with Crippen LogP contribution in [0.5, 0.6) is 0 Å². The predicted molar refractivity (Wildman–Crippen MR) is 115 cm³/mol. The Morgan fingerprint density at radius 2 is 2.14 bits per heavy atom. The summed E-state index contributed by atoms with van der Waals surface area (Å²) in [5.74, 6) is -0.239. The van der Waals surface area contributed by atoms with Crippen molar-refractivity contribution in [2.24, 2.45) is 5.73 Å². The van der Waals surface area contributed by atoms with Crippen LogP contribution in [0.1, 0.15) is 16.7 Å². The first-order valence-corrected chi connectivity index (χ1v) is 9.44. The van der Waals surface area contributed by atoms with Gasteiger partial charge in [0.05, 0.1) is 13.2 Å². The molecule has 2 heterocycles. The Labute approximate surface area is 170 Å². The molecule has 0 bridgehead atoms. The molecular weight excluding hydrogens is 366 g/mol. The monoisotopic (exact) mass is 391 g/mol. The summed E-state index contributed by atoms with van der Waals surface area (Å²) in [5, 5.41) is 10.4. The van der Waals surface area contributed by atoms with Crippen LogP contribution < -0.4 is 11.1 Å². The summed E-state index contributed by atoms with van der Waals surface area (Å²) in [6, 6.07) is 9.61. The molecule has 0 aliphatic carbocycles. The highest BCUT2D eigenvalue weighted by Crippen LogP contribution is 2.18. The second-order valence-corrected chi connectivity index (χ2v) is 6.64. The van der Waals surface area contributed by atoms with Gasteiger partial charge in [0, 0.05) is 67.3 Å². The number of carbonyl (C=O) groups excluding carboxylic acids is 1. The second-order valence-electron chi connectivity index (χ2n) is 6.64. The minimum absolute atomic E-state index is 0.239. The van der Waals surface area contributed by atoms with Crippen LogP contribution in [-0.4, -0.2) is 48.3 Å². The first-order chi connectivity index (χ1) is 14.2. The largest absolute Gasteiger partial charge is 0.404 e. The fourth-order valence-corrected chi connectivity index (χ4v) is 3.13. The van der Waals surface area contributed by atoms with Crippen LogP contribution >= 0.6 is 0 Å².